The fourth-order valence-corrected chi connectivity index (χ4v) is 0.909. The fourth-order valence-electron chi connectivity index (χ4n) is 0.909. The van der Waals surface area contributed by atoms with Crippen LogP contribution in [-0.4, -0.2) is 23.7 Å². The van der Waals surface area contributed by atoms with E-state index in [0.29, 0.717) is 0 Å². The van der Waals surface area contributed by atoms with Crippen molar-refractivity contribution in [2.75, 3.05) is 6.61 Å². The zero-order valence-electron chi connectivity index (χ0n) is 9.51. The minimum absolute atomic E-state index is 0.114. The second kappa shape index (κ2) is 8.06. The molecule has 1 aromatic rings. The largest absolute Gasteiger partial charge is 0.478 e. The Hall–Kier alpha value is -2.14. The van der Waals surface area contributed by atoms with Crippen LogP contribution in [0.15, 0.2) is 37.4 Å². The van der Waals surface area contributed by atoms with Gasteiger partial charge in [-0.1, -0.05) is 0 Å². The second-order valence-electron chi connectivity index (χ2n) is 2.66. The molecular formula is C12H14O5. The van der Waals surface area contributed by atoms with Gasteiger partial charge in [0.2, 0.25) is 0 Å². The molecule has 0 heterocycles. The summed E-state index contributed by atoms with van der Waals surface area (Å²) in [4.78, 5) is 30.6. The number of benzene rings is 1. The van der Waals surface area contributed by atoms with Crippen LogP contribution in [0.2, 0.25) is 0 Å². The van der Waals surface area contributed by atoms with Gasteiger partial charge >= 0.3 is 11.9 Å². The lowest BCUT2D eigenvalue weighted by Gasteiger charge is -2.01. The first-order valence-electron chi connectivity index (χ1n) is 4.82. The molecule has 0 bridgehead atoms. The van der Waals surface area contributed by atoms with E-state index >= 15 is 0 Å². The molecule has 5 nitrogen and oxygen atoms in total. The van der Waals surface area contributed by atoms with Crippen LogP contribution in [0.25, 0.3) is 0 Å². The van der Waals surface area contributed by atoms with Gasteiger partial charge in [-0.15, -0.1) is 13.2 Å². The summed E-state index contributed by atoms with van der Waals surface area (Å²) in [5.41, 5.74) is 0.358. The van der Waals surface area contributed by atoms with Crippen LogP contribution < -0.4 is 0 Å². The highest BCUT2D eigenvalue weighted by atomic mass is 17.2. The van der Waals surface area contributed by atoms with Gasteiger partial charge in [0.15, 0.2) is 0 Å². The summed E-state index contributed by atoms with van der Waals surface area (Å²) in [6.45, 7) is 7.94. The van der Waals surface area contributed by atoms with E-state index in [2.05, 4.69) is 22.9 Å². The summed E-state index contributed by atoms with van der Waals surface area (Å²) in [5, 5.41) is 8.61. The average Bonchev–Trinajstić information content (AvgIpc) is 2.38. The monoisotopic (exact) mass is 238 g/mol. The molecule has 0 unspecified atom stereocenters. The van der Waals surface area contributed by atoms with E-state index in [1.54, 1.807) is 6.92 Å². The van der Waals surface area contributed by atoms with Crippen molar-refractivity contribution in [2.45, 2.75) is 6.92 Å². The first-order chi connectivity index (χ1) is 8.15. The van der Waals surface area contributed by atoms with Crippen molar-refractivity contribution in [3.05, 3.63) is 48.6 Å². The van der Waals surface area contributed by atoms with E-state index < -0.39 is 11.9 Å². The number of hydrogen-bond acceptors (Lipinski definition) is 4. The third-order valence-corrected chi connectivity index (χ3v) is 1.62. The van der Waals surface area contributed by atoms with Crippen LogP contribution in [0.4, 0.5) is 0 Å². The van der Waals surface area contributed by atoms with Gasteiger partial charge in [0.05, 0.1) is 17.7 Å². The molecule has 0 spiro atoms. The van der Waals surface area contributed by atoms with Crippen molar-refractivity contribution in [3.63, 3.8) is 0 Å². The van der Waals surface area contributed by atoms with Crippen molar-refractivity contribution in [1.82, 2.24) is 0 Å². The van der Waals surface area contributed by atoms with Crippen molar-refractivity contribution >= 4 is 11.9 Å². The highest BCUT2D eigenvalue weighted by molar-refractivity contribution is 5.92. The molecule has 0 fully saturated rings. The van der Waals surface area contributed by atoms with Crippen LogP contribution in [0, 0.1) is 0 Å². The second-order valence-corrected chi connectivity index (χ2v) is 2.66. The molecule has 0 aliphatic heterocycles. The first kappa shape index (κ1) is 14.9. The Balaban J connectivity index is 0.00000121. The molecule has 0 amide bonds. The molecule has 0 saturated heterocycles. The summed E-state index contributed by atoms with van der Waals surface area (Å²) in [6.07, 6.45) is 0. The molecule has 17 heavy (non-hydrogen) atoms. The molecule has 1 rings (SSSR count). The lowest BCUT2D eigenvalue weighted by Crippen LogP contribution is -2.06. The Labute approximate surface area is 99.2 Å². The minimum Gasteiger partial charge on any atom is -0.478 e. The Kier molecular flexibility index (Phi) is 7.05. The highest BCUT2D eigenvalue weighted by Gasteiger charge is 2.09. The maximum atomic E-state index is 11.2. The number of aromatic carboxylic acids is 1. The highest BCUT2D eigenvalue weighted by Crippen LogP contribution is 2.06. The molecular weight excluding hydrogens is 224 g/mol. The zero-order chi connectivity index (χ0) is 13.3. The van der Waals surface area contributed by atoms with Gasteiger partial charge in [-0.25, -0.2) is 9.59 Å². The van der Waals surface area contributed by atoms with Crippen LogP contribution in [0.1, 0.15) is 27.6 Å². The number of carbonyl (C=O) groups excluding carboxylic acids is 1. The Morgan fingerprint density at radius 3 is 2.06 bits per heavy atom. The lowest BCUT2D eigenvalue weighted by molar-refractivity contribution is -0.236. The molecule has 0 aliphatic rings. The number of carboxylic acids is 1. The molecule has 0 saturated carbocycles. The number of carbonyl (C=O) groups is 2. The van der Waals surface area contributed by atoms with Gasteiger partial charge in [-0.05, 0) is 31.2 Å². The predicted molar refractivity (Wildman–Crippen MR) is 61.7 cm³/mol. The number of carboxylic acid groups (broad SMARTS) is 1. The van der Waals surface area contributed by atoms with Crippen molar-refractivity contribution in [1.29, 1.82) is 0 Å². The maximum absolute atomic E-state index is 11.2. The summed E-state index contributed by atoms with van der Waals surface area (Å²) in [5.74, 6) is -1.69. The molecule has 0 atom stereocenters. The summed E-state index contributed by atoms with van der Waals surface area (Å²) >= 11 is 0. The van der Waals surface area contributed by atoms with Crippen molar-refractivity contribution < 1.29 is 24.5 Å². The van der Waals surface area contributed by atoms with Crippen LogP contribution in [-0.2, 0) is 9.78 Å². The number of hydrogen-bond donors (Lipinski definition) is 1. The van der Waals surface area contributed by atoms with Crippen molar-refractivity contribution in [2.24, 2.45) is 0 Å². The van der Waals surface area contributed by atoms with E-state index in [1.807, 2.05) is 0 Å². The topological polar surface area (TPSA) is 72.8 Å². The SMILES string of the molecule is C=C.CCOOC(=O)c1ccc(C(=O)O)cc1. The van der Waals surface area contributed by atoms with E-state index in [1.165, 1.54) is 24.3 Å². The quantitative estimate of drug-likeness (QED) is 0.495. The number of rotatable bonds is 4. The minimum atomic E-state index is -1.04. The standard InChI is InChI=1S/C10H10O5.C2H4/c1-2-14-15-10(13)8-5-3-7(4-6-8)9(11)12;1-2/h3-6H,2H2,1H3,(H,11,12);1-2H2. The normalized spacial score (nSPS) is 8.76. The Morgan fingerprint density at radius 1 is 1.18 bits per heavy atom. The van der Waals surface area contributed by atoms with Gasteiger partial charge < -0.3 is 5.11 Å². The predicted octanol–water partition coefficient (Wildman–Crippen LogP) is 2.30. The lowest BCUT2D eigenvalue weighted by atomic mass is 10.1. The van der Waals surface area contributed by atoms with E-state index in [4.69, 9.17) is 5.11 Å². The van der Waals surface area contributed by atoms with Gasteiger partial charge in [0, 0.05) is 0 Å². The maximum Gasteiger partial charge on any atom is 0.373 e. The summed E-state index contributed by atoms with van der Waals surface area (Å²) in [7, 11) is 0. The van der Waals surface area contributed by atoms with Crippen LogP contribution in [0.3, 0.4) is 0 Å². The molecule has 0 aliphatic carbocycles. The summed E-state index contributed by atoms with van der Waals surface area (Å²) < 4.78 is 0. The van der Waals surface area contributed by atoms with Gasteiger partial charge in [0.25, 0.3) is 0 Å². The molecule has 1 N–H and O–H groups in total. The molecule has 1 aromatic carbocycles. The Morgan fingerprint density at radius 2 is 1.65 bits per heavy atom. The molecule has 5 heteroatoms. The zero-order valence-corrected chi connectivity index (χ0v) is 9.51. The third kappa shape index (κ3) is 4.94. The van der Waals surface area contributed by atoms with E-state index in [9.17, 15) is 9.59 Å². The van der Waals surface area contributed by atoms with Crippen LogP contribution in [0.5, 0.6) is 0 Å². The van der Waals surface area contributed by atoms with Gasteiger partial charge in [-0.2, -0.15) is 4.89 Å². The smallest absolute Gasteiger partial charge is 0.373 e. The molecule has 0 aromatic heterocycles. The third-order valence-electron chi connectivity index (χ3n) is 1.62. The van der Waals surface area contributed by atoms with Crippen molar-refractivity contribution in [3.8, 4) is 0 Å². The average molecular weight is 238 g/mol. The van der Waals surface area contributed by atoms with E-state index in [0.717, 1.165) is 0 Å². The summed E-state index contributed by atoms with van der Waals surface area (Å²) in [6, 6.07) is 5.38. The first-order valence-corrected chi connectivity index (χ1v) is 4.82. The fraction of sp³-hybridized carbons (Fsp3) is 0.167. The molecule has 92 valence electrons. The van der Waals surface area contributed by atoms with Gasteiger partial charge in [-0.3, -0.25) is 4.89 Å². The van der Waals surface area contributed by atoms with Gasteiger partial charge in [0.1, 0.15) is 0 Å². The Bertz CT molecular complexity index is 369. The van der Waals surface area contributed by atoms with E-state index in [-0.39, 0.29) is 17.7 Å². The van der Waals surface area contributed by atoms with Crippen LogP contribution >= 0.6 is 0 Å². The molecule has 0 radical (unpaired) electrons.